The number of aliphatic hydroxyl groups excluding tert-OH is 2. The Morgan fingerprint density at radius 2 is 1.80 bits per heavy atom. The molecule has 3 aromatic carbocycles. The Hall–Kier alpha value is -4.25. The lowest BCUT2D eigenvalue weighted by molar-refractivity contribution is -0.137. The number of methoxy groups -OCH3 is 1. The van der Waals surface area contributed by atoms with Gasteiger partial charge in [-0.25, -0.2) is 0 Å². The molecule has 0 fully saturated rings. The highest BCUT2D eigenvalue weighted by atomic mass is 16.5. The van der Waals surface area contributed by atoms with Gasteiger partial charge in [0.05, 0.1) is 19.8 Å². The highest BCUT2D eigenvalue weighted by Crippen LogP contribution is 2.27. The first-order chi connectivity index (χ1) is 21.7. The molecule has 4 rings (SSSR count). The van der Waals surface area contributed by atoms with E-state index < -0.39 is 12.1 Å². The molecule has 0 spiro atoms. The van der Waals surface area contributed by atoms with E-state index in [4.69, 9.17) is 9.84 Å². The van der Waals surface area contributed by atoms with Crippen molar-refractivity contribution >= 4 is 17.7 Å². The largest absolute Gasteiger partial charge is 0.497 e. The molecule has 10 nitrogen and oxygen atoms in total. The van der Waals surface area contributed by atoms with Crippen molar-refractivity contribution in [1.82, 2.24) is 20.9 Å². The molecule has 1 heterocycles. The van der Waals surface area contributed by atoms with Gasteiger partial charge in [-0.2, -0.15) is 0 Å². The van der Waals surface area contributed by atoms with E-state index >= 15 is 0 Å². The van der Waals surface area contributed by atoms with Gasteiger partial charge in [0, 0.05) is 44.6 Å². The van der Waals surface area contributed by atoms with Crippen molar-refractivity contribution in [3.63, 3.8) is 0 Å². The average Bonchev–Trinajstić information content (AvgIpc) is 3.16. The summed E-state index contributed by atoms with van der Waals surface area (Å²) in [6.07, 6.45) is -0.300. The van der Waals surface area contributed by atoms with Gasteiger partial charge in [0.2, 0.25) is 11.8 Å². The maximum absolute atomic E-state index is 13.9. The summed E-state index contributed by atoms with van der Waals surface area (Å²) in [7, 11) is 1.60. The van der Waals surface area contributed by atoms with Gasteiger partial charge in [-0.15, -0.1) is 0 Å². The van der Waals surface area contributed by atoms with Crippen LogP contribution in [0.25, 0.3) is 11.1 Å². The summed E-state index contributed by atoms with van der Waals surface area (Å²) in [5.41, 5.74) is 5.21. The molecule has 0 aliphatic carbocycles. The monoisotopic (exact) mass is 616 g/mol. The SMILES string of the molecule is CCNC(=O)c1ccccc1-c1ccc(CN2Cc3ccc(OC)cc3C[C@@H](NC(=O)CC(C)CNC[C@H](O)CO)C2=O)cc1. The fourth-order valence-electron chi connectivity index (χ4n) is 5.53. The van der Waals surface area contributed by atoms with E-state index in [9.17, 15) is 19.5 Å². The van der Waals surface area contributed by atoms with E-state index in [0.29, 0.717) is 43.9 Å². The van der Waals surface area contributed by atoms with Gasteiger partial charge in [-0.3, -0.25) is 14.4 Å². The minimum absolute atomic E-state index is 0.0445. The van der Waals surface area contributed by atoms with Crippen LogP contribution in [0.4, 0.5) is 0 Å². The van der Waals surface area contributed by atoms with Gasteiger partial charge in [0.1, 0.15) is 11.8 Å². The number of hydrogen-bond acceptors (Lipinski definition) is 7. The Morgan fingerprint density at radius 3 is 2.51 bits per heavy atom. The van der Waals surface area contributed by atoms with Crippen LogP contribution >= 0.6 is 0 Å². The number of carbonyl (C=O) groups is 3. The minimum Gasteiger partial charge on any atom is -0.497 e. The topological polar surface area (TPSA) is 140 Å². The number of nitrogens with one attached hydrogen (secondary N) is 3. The van der Waals surface area contributed by atoms with Crippen LogP contribution in [0.5, 0.6) is 5.75 Å². The van der Waals surface area contributed by atoms with Gasteiger partial charge < -0.3 is 35.8 Å². The summed E-state index contributed by atoms with van der Waals surface area (Å²) < 4.78 is 5.43. The predicted octanol–water partition coefficient (Wildman–Crippen LogP) is 2.65. The zero-order chi connectivity index (χ0) is 32.3. The average molecular weight is 617 g/mol. The molecule has 240 valence electrons. The second-order valence-corrected chi connectivity index (χ2v) is 11.6. The molecule has 0 saturated carbocycles. The fraction of sp³-hybridized carbons (Fsp3) is 0.400. The lowest BCUT2D eigenvalue weighted by Gasteiger charge is -2.26. The Morgan fingerprint density at radius 1 is 1.04 bits per heavy atom. The maximum atomic E-state index is 13.9. The summed E-state index contributed by atoms with van der Waals surface area (Å²) in [5, 5.41) is 27.4. The van der Waals surface area contributed by atoms with Crippen LogP contribution in [0.3, 0.4) is 0 Å². The number of rotatable bonds is 14. The van der Waals surface area contributed by atoms with Crippen molar-refractivity contribution in [3.05, 3.63) is 89.0 Å². The number of aliphatic hydroxyl groups is 2. The highest BCUT2D eigenvalue weighted by molar-refractivity contribution is 6.00. The van der Waals surface area contributed by atoms with Crippen molar-refractivity contribution in [2.45, 2.75) is 51.9 Å². The minimum atomic E-state index is -0.850. The molecule has 5 N–H and O–H groups in total. The molecule has 0 saturated heterocycles. The number of ether oxygens (including phenoxy) is 1. The summed E-state index contributed by atoms with van der Waals surface area (Å²) in [6.45, 7) is 5.47. The van der Waals surface area contributed by atoms with E-state index in [1.54, 1.807) is 12.0 Å². The summed E-state index contributed by atoms with van der Waals surface area (Å²) in [5.74, 6) is 0.125. The van der Waals surface area contributed by atoms with Gasteiger partial charge in [0.15, 0.2) is 0 Å². The molecule has 1 aliphatic heterocycles. The van der Waals surface area contributed by atoms with Crippen LogP contribution in [0.2, 0.25) is 0 Å². The van der Waals surface area contributed by atoms with E-state index in [1.807, 2.05) is 80.6 Å². The van der Waals surface area contributed by atoms with Crippen LogP contribution in [0.15, 0.2) is 66.7 Å². The molecule has 0 aromatic heterocycles. The van der Waals surface area contributed by atoms with Crippen molar-refractivity contribution in [2.24, 2.45) is 5.92 Å². The third kappa shape index (κ3) is 9.13. The van der Waals surface area contributed by atoms with Gasteiger partial charge >= 0.3 is 0 Å². The van der Waals surface area contributed by atoms with Crippen molar-refractivity contribution in [1.29, 1.82) is 0 Å². The standard InChI is InChI=1S/C35H44N4O6/c1-4-37-34(43)31-8-6-5-7-30(31)25-11-9-24(10-12-25)20-39-21-26-13-14-29(45-3)16-27(26)17-32(35(39)44)38-33(42)15-23(2)18-36-19-28(41)22-40/h5-14,16,23,28,32,36,40-41H,4,15,17-22H2,1-3H3,(H,37,43)(H,38,42)/t23?,28-,32+/m0/s1. The molecule has 1 aliphatic rings. The first-order valence-electron chi connectivity index (χ1n) is 15.4. The number of carbonyl (C=O) groups excluding carboxylic acids is 3. The lowest BCUT2D eigenvalue weighted by atomic mass is 9.98. The summed E-state index contributed by atoms with van der Waals surface area (Å²) in [6, 6.07) is 20.4. The predicted molar refractivity (Wildman–Crippen MR) is 173 cm³/mol. The molecule has 3 aromatic rings. The molecule has 1 unspecified atom stereocenters. The first-order valence-corrected chi connectivity index (χ1v) is 15.4. The number of benzene rings is 3. The van der Waals surface area contributed by atoms with Crippen molar-refractivity contribution in [2.75, 3.05) is 33.4 Å². The quantitative estimate of drug-likeness (QED) is 0.188. The zero-order valence-electron chi connectivity index (χ0n) is 26.2. The van der Waals surface area contributed by atoms with E-state index in [-0.39, 0.29) is 43.2 Å². The zero-order valence-corrected chi connectivity index (χ0v) is 26.2. The van der Waals surface area contributed by atoms with Gasteiger partial charge in [-0.05, 0) is 65.4 Å². The summed E-state index contributed by atoms with van der Waals surface area (Å²) >= 11 is 0. The second-order valence-electron chi connectivity index (χ2n) is 11.6. The third-order valence-electron chi connectivity index (χ3n) is 7.91. The third-order valence-corrected chi connectivity index (χ3v) is 7.91. The maximum Gasteiger partial charge on any atom is 0.251 e. The molecular formula is C35H44N4O6. The van der Waals surface area contributed by atoms with Crippen LogP contribution in [0.1, 0.15) is 47.3 Å². The number of amides is 3. The molecular weight excluding hydrogens is 572 g/mol. The lowest BCUT2D eigenvalue weighted by Crippen LogP contribution is -2.48. The number of hydrogen-bond donors (Lipinski definition) is 5. The van der Waals surface area contributed by atoms with Crippen LogP contribution in [0, 0.1) is 5.92 Å². The van der Waals surface area contributed by atoms with E-state index in [0.717, 1.165) is 27.8 Å². The van der Waals surface area contributed by atoms with E-state index in [1.165, 1.54) is 0 Å². The Labute approximate surface area is 264 Å². The molecule has 10 heteroatoms. The molecule has 0 radical (unpaired) electrons. The van der Waals surface area contributed by atoms with Crippen LogP contribution < -0.4 is 20.7 Å². The van der Waals surface area contributed by atoms with E-state index in [2.05, 4.69) is 16.0 Å². The number of fused-ring (bicyclic) bond motifs is 1. The summed E-state index contributed by atoms with van der Waals surface area (Å²) in [4.78, 5) is 41.4. The Bertz CT molecular complexity index is 1460. The van der Waals surface area contributed by atoms with Crippen molar-refractivity contribution in [3.8, 4) is 16.9 Å². The van der Waals surface area contributed by atoms with Gasteiger partial charge in [-0.1, -0.05) is 55.5 Å². The smallest absolute Gasteiger partial charge is 0.251 e. The normalized spacial score (nSPS) is 15.9. The van der Waals surface area contributed by atoms with Crippen LogP contribution in [-0.2, 0) is 29.1 Å². The molecule has 3 atom stereocenters. The highest BCUT2D eigenvalue weighted by Gasteiger charge is 2.31. The Kier molecular flexibility index (Phi) is 12.1. The molecule has 45 heavy (non-hydrogen) atoms. The van der Waals surface area contributed by atoms with Gasteiger partial charge in [0.25, 0.3) is 5.91 Å². The second kappa shape index (κ2) is 16.2. The fourth-order valence-corrected chi connectivity index (χ4v) is 5.53. The van der Waals surface area contributed by atoms with Crippen molar-refractivity contribution < 1.29 is 29.3 Å². The number of nitrogens with zero attached hydrogens (tertiary/aromatic N) is 1. The van der Waals surface area contributed by atoms with Crippen LogP contribution in [-0.4, -0.2) is 78.3 Å². The Balaban J connectivity index is 1.50. The molecule has 0 bridgehead atoms. The molecule has 3 amide bonds. The first kappa shape index (κ1) is 33.6.